The normalized spacial score (nSPS) is 17.7. The van der Waals surface area contributed by atoms with E-state index in [2.05, 4.69) is 23.8 Å². The standard InChI is InChI=1S/C16H13N3O3S3.C6H13N5O8P2S/c1-18-4-2-9(3-5-18)10-7-24-16(17-10)25-11-8-23-13-6-12(20)19(13)14(11)15(21)22;1-2-18-9-4(3-7-12)5-8-6(22-11-5)10-20(13,14)19-21(15,16)17/h2-5,7,13H,6,8H2,1H3;7,12H,2-3H2,1H3,(H2,15,16,17)(H2,8,10,11,13,14)/b;9-4+/t13-;/m1./s1. The zero-order chi connectivity index (χ0) is 34.4. The number of phosphoric acid groups is 1. The van der Waals surface area contributed by atoms with Gasteiger partial charge in [0.2, 0.25) is 11.0 Å². The van der Waals surface area contributed by atoms with Gasteiger partial charge in [-0.05, 0) is 6.92 Å². The van der Waals surface area contributed by atoms with Crippen LogP contribution in [0.3, 0.4) is 0 Å². The maximum absolute atomic E-state index is 11.8. The number of carboxylic acids is 1. The molecule has 3 aromatic heterocycles. The molecular formula is C22H26N8O11P2S4. The number of rotatable bonds is 13. The summed E-state index contributed by atoms with van der Waals surface area (Å²) in [5.74, 6) is -0.934. The summed E-state index contributed by atoms with van der Waals surface area (Å²) in [6, 6.07) is 3.96. The van der Waals surface area contributed by atoms with Crippen molar-refractivity contribution in [2.24, 2.45) is 12.2 Å². The quantitative estimate of drug-likeness (QED) is 0.0463. The van der Waals surface area contributed by atoms with E-state index in [0.717, 1.165) is 15.6 Å². The number of fused-ring (bicyclic) bond motifs is 1. The number of anilines is 1. The summed E-state index contributed by atoms with van der Waals surface area (Å²) >= 11 is 4.96. The SMILES string of the molecule is CCO/N=C(\CNO)c1nsc(NP(=O)(O)OP(=O)(O)O)n1.C[n+]1ccc(-c2csc(SC3=C(C(=O)[O-])N4C(=O)C[C@H]4SC3)n2)cc1. The van der Waals surface area contributed by atoms with Crippen LogP contribution in [0.1, 0.15) is 19.2 Å². The van der Waals surface area contributed by atoms with Gasteiger partial charge in [0.05, 0.1) is 35.7 Å². The number of hydrogen-bond donors (Lipinski definition) is 6. The number of nitrogens with zero attached hydrogens (tertiary/aromatic N) is 6. The van der Waals surface area contributed by atoms with Crippen molar-refractivity contribution in [3.63, 3.8) is 0 Å². The Kier molecular flexibility index (Phi) is 12.7. The van der Waals surface area contributed by atoms with Crippen LogP contribution in [0.2, 0.25) is 0 Å². The number of hydroxylamine groups is 1. The lowest BCUT2D eigenvalue weighted by atomic mass is 10.1. The van der Waals surface area contributed by atoms with Crippen LogP contribution in [0, 0.1) is 0 Å². The first-order valence-corrected chi connectivity index (χ1v) is 19.6. The minimum atomic E-state index is -5.17. The van der Waals surface area contributed by atoms with E-state index >= 15 is 0 Å². The number of pyridine rings is 1. The number of carboxylic acid groups (broad SMARTS) is 1. The second-order valence-electron chi connectivity index (χ2n) is 9.06. The van der Waals surface area contributed by atoms with Crippen LogP contribution in [-0.2, 0) is 34.9 Å². The molecular weight excluding hydrogens is 743 g/mol. The van der Waals surface area contributed by atoms with Crippen molar-refractivity contribution in [1.29, 1.82) is 0 Å². The molecule has 2 atom stereocenters. The highest BCUT2D eigenvalue weighted by molar-refractivity contribution is 8.07. The fourth-order valence-corrected chi connectivity index (χ4v) is 9.65. The highest BCUT2D eigenvalue weighted by Gasteiger charge is 2.43. The van der Waals surface area contributed by atoms with Gasteiger partial charge in [0.15, 0.2) is 22.6 Å². The molecule has 1 amide bonds. The van der Waals surface area contributed by atoms with Gasteiger partial charge in [-0.15, -0.1) is 23.1 Å². The molecule has 2 aliphatic heterocycles. The van der Waals surface area contributed by atoms with Gasteiger partial charge >= 0.3 is 15.6 Å². The minimum Gasteiger partial charge on any atom is -0.543 e. The molecule has 254 valence electrons. The van der Waals surface area contributed by atoms with Crippen LogP contribution in [0.4, 0.5) is 5.13 Å². The second-order valence-corrected chi connectivity index (χ2v) is 16.1. The molecule has 2 aliphatic rings. The maximum Gasteiger partial charge on any atom is 0.478 e. The van der Waals surface area contributed by atoms with Crippen molar-refractivity contribution in [1.82, 2.24) is 24.7 Å². The van der Waals surface area contributed by atoms with E-state index in [4.69, 9.17) is 19.8 Å². The molecule has 0 radical (unpaired) electrons. The summed E-state index contributed by atoms with van der Waals surface area (Å²) in [6.45, 7) is 1.77. The van der Waals surface area contributed by atoms with Gasteiger partial charge in [0.1, 0.15) is 19.4 Å². The predicted octanol–water partition coefficient (Wildman–Crippen LogP) is 0.872. The van der Waals surface area contributed by atoms with Crippen LogP contribution in [0.15, 0.2) is 50.0 Å². The molecule has 0 aliphatic carbocycles. The highest BCUT2D eigenvalue weighted by atomic mass is 32.2. The van der Waals surface area contributed by atoms with Crippen LogP contribution >= 0.6 is 62.0 Å². The van der Waals surface area contributed by atoms with E-state index in [1.807, 2.05) is 52.1 Å². The third-order valence-electron chi connectivity index (χ3n) is 5.67. The summed E-state index contributed by atoms with van der Waals surface area (Å²) < 4.78 is 32.2. The Morgan fingerprint density at radius 2 is 2.00 bits per heavy atom. The molecule has 1 fully saturated rings. The number of aliphatic carboxylic acids is 1. The number of thioether (sulfide) groups is 2. The number of hydrogen-bond acceptors (Lipinski definition) is 17. The number of amides is 1. The van der Waals surface area contributed by atoms with Gasteiger partial charge in [0, 0.05) is 45.3 Å². The molecule has 1 saturated heterocycles. The van der Waals surface area contributed by atoms with E-state index in [0.29, 0.717) is 28.6 Å². The molecule has 25 heteroatoms. The first-order chi connectivity index (χ1) is 22.2. The third-order valence-corrected chi connectivity index (χ3v) is 12.1. The van der Waals surface area contributed by atoms with Gasteiger partial charge in [-0.25, -0.2) is 18.7 Å². The zero-order valence-electron chi connectivity index (χ0n) is 24.1. The number of thiazole rings is 1. The fourth-order valence-electron chi connectivity index (χ4n) is 3.71. The summed E-state index contributed by atoms with van der Waals surface area (Å²) in [5, 5.41) is 27.3. The first kappa shape index (κ1) is 37.0. The van der Waals surface area contributed by atoms with Gasteiger partial charge in [-0.3, -0.25) is 14.8 Å². The van der Waals surface area contributed by atoms with Crippen molar-refractivity contribution < 1.29 is 57.4 Å². The van der Waals surface area contributed by atoms with Crippen molar-refractivity contribution >= 4 is 84.7 Å². The molecule has 0 spiro atoms. The Bertz CT molecular complexity index is 1760. The lowest BCUT2D eigenvalue weighted by Gasteiger charge is -2.45. The molecule has 0 aromatic carbocycles. The number of β-lactam (4-membered cyclic amide) rings is 1. The molecule has 5 heterocycles. The average Bonchev–Trinajstić information content (AvgIpc) is 3.64. The van der Waals surface area contributed by atoms with Crippen LogP contribution in [-0.4, -0.2) is 81.0 Å². The van der Waals surface area contributed by atoms with Gasteiger partial charge < -0.3 is 34.6 Å². The lowest BCUT2D eigenvalue weighted by Crippen LogP contribution is -2.55. The Morgan fingerprint density at radius 1 is 1.28 bits per heavy atom. The monoisotopic (exact) mass is 768 g/mol. The molecule has 47 heavy (non-hydrogen) atoms. The highest BCUT2D eigenvalue weighted by Crippen LogP contribution is 2.56. The Hall–Kier alpha value is -2.79. The number of nitrogens with one attached hydrogen (secondary N) is 2. The molecule has 3 aromatic rings. The van der Waals surface area contributed by atoms with Crippen LogP contribution in [0.25, 0.3) is 11.3 Å². The minimum absolute atomic E-state index is 0.00786. The molecule has 6 N–H and O–H groups in total. The van der Waals surface area contributed by atoms with Crippen molar-refractivity contribution in [3.05, 3.63) is 46.3 Å². The maximum atomic E-state index is 11.8. The smallest absolute Gasteiger partial charge is 0.478 e. The Labute approximate surface area is 282 Å². The summed E-state index contributed by atoms with van der Waals surface area (Å²) in [6.07, 6.45) is 4.30. The van der Waals surface area contributed by atoms with Crippen molar-refractivity contribution in [2.75, 3.05) is 24.0 Å². The van der Waals surface area contributed by atoms with E-state index in [1.165, 1.54) is 28.0 Å². The van der Waals surface area contributed by atoms with Gasteiger partial charge in [-0.1, -0.05) is 16.9 Å². The van der Waals surface area contributed by atoms with Gasteiger partial charge in [-0.2, -0.15) is 19.1 Å². The fraction of sp³-hybridized carbons (Fsp3) is 0.318. The van der Waals surface area contributed by atoms with Crippen molar-refractivity contribution in [2.45, 2.75) is 23.1 Å². The number of oxime groups is 1. The topological polar surface area (TPSA) is 273 Å². The third kappa shape index (κ3) is 10.3. The van der Waals surface area contributed by atoms with Gasteiger partial charge in [0.25, 0.3) is 0 Å². The number of aryl methyl sites for hydroxylation is 1. The summed E-state index contributed by atoms with van der Waals surface area (Å²) in [5.41, 5.74) is 3.79. The Morgan fingerprint density at radius 3 is 2.62 bits per heavy atom. The average molecular weight is 769 g/mol. The Balaban J connectivity index is 0.000000215. The lowest BCUT2D eigenvalue weighted by molar-refractivity contribution is -0.671. The van der Waals surface area contributed by atoms with E-state index < -0.39 is 21.5 Å². The number of carbonyl (C=O) groups excluding carboxylic acids is 2. The largest absolute Gasteiger partial charge is 0.543 e. The molecule has 0 bridgehead atoms. The molecule has 0 saturated carbocycles. The second kappa shape index (κ2) is 16.1. The summed E-state index contributed by atoms with van der Waals surface area (Å²) in [4.78, 5) is 64.7. The van der Waals surface area contributed by atoms with E-state index in [-0.39, 0.29) is 46.8 Å². The van der Waals surface area contributed by atoms with Crippen LogP contribution in [0.5, 0.6) is 0 Å². The summed E-state index contributed by atoms with van der Waals surface area (Å²) in [7, 11) is -8.05. The molecule has 19 nitrogen and oxygen atoms in total. The van der Waals surface area contributed by atoms with E-state index in [9.17, 15) is 28.7 Å². The zero-order valence-corrected chi connectivity index (χ0v) is 29.2. The number of carbonyl (C=O) groups is 2. The molecule has 1 unspecified atom stereocenters. The first-order valence-electron chi connectivity index (χ1n) is 12.9. The molecule has 5 rings (SSSR count). The van der Waals surface area contributed by atoms with Crippen molar-refractivity contribution in [3.8, 4) is 11.3 Å². The van der Waals surface area contributed by atoms with E-state index in [1.54, 1.807) is 18.7 Å². The predicted molar refractivity (Wildman–Crippen MR) is 169 cm³/mol. The number of aromatic nitrogens is 4. The van der Waals surface area contributed by atoms with Crippen LogP contribution < -0.4 is 20.2 Å².